The molecule has 1 aromatic heterocycles. The second-order valence-electron chi connectivity index (χ2n) is 4.73. The average molecular weight is 321 g/mol. The van der Waals surface area contributed by atoms with Crippen molar-refractivity contribution in [1.82, 2.24) is 19.7 Å². The van der Waals surface area contributed by atoms with E-state index in [0.717, 1.165) is 11.8 Å². The van der Waals surface area contributed by atoms with Crippen LogP contribution in [0.3, 0.4) is 0 Å². The number of aryl methyl sites for hydroxylation is 1. The molecule has 0 radical (unpaired) electrons. The van der Waals surface area contributed by atoms with E-state index in [9.17, 15) is 14.9 Å². The lowest BCUT2D eigenvalue weighted by Gasteiger charge is -2.12. The maximum Gasteiger partial charge on any atom is 0.283 e. The number of amides is 1. The Morgan fingerprint density at radius 3 is 2.68 bits per heavy atom. The molecule has 0 aliphatic carbocycles. The van der Waals surface area contributed by atoms with E-state index in [0.29, 0.717) is 15.9 Å². The summed E-state index contributed by atoms with van der Waals surface area (Å²) in [5, 5.41) is 19.5. The Morgan fingerprint density at radius 1 is 1.36 bits per heavy atom. The molecule has 0 bridgehead atoms. The van der Waals surface area contributed by atoms with Gasteiger partial charge in [-0.3, -0.25) is 19.5 Å². The van der Waals surface area contributed by atoms with Crippen LogP contribution in [0.5, 0.6) is 0 Å². The minimum absolute atomic E-state index is 0.00126. The van der Waals surface area contributed by atoms with E-state index >= 15 is 0 Å². The molecule has 0 N–H and O–H groups in total. The van der Waals surface area contributed by atoms with Crippen molar-refractivity contribution in [3.63, 3.8) is 0 Å². The molecule has 0 spiro atoms. The van der Waals surface area contributed by atoms with Gasteiger partial charge in [0.15, 0.2) is 5.16 Å². The number of benzene rings is 1. The molecule has 0 atom stereocenters. The van der Waals surface area contributed by atoms with E-state index in [4.69, 9.17) is 0 Å². The van der Waals surface area contributed by atoms with Crippen molar-refractivity contribution in [2.24, 2.45) is 0 Å². The normalized spacial score (nSPS) is 10.5. The van der Waals surface area contributed by atoms with Gasteiger partial charge in [-0.1, -0.05) is 12.1 Å². The lowest BCUT2D eigenvalue weighted by Crippen LogP contribution is -2.27. The van der Waals surface area contributed by atoms with Crippen LogP contribution in [0, 0.1) is 17.0 Å². The van der Waals surface area contributed by atoms with Gasteiger partial charge in [0.2, 0.25) is 5.91 Å². The number of rotatable bonds is 5. The summed E-state index contributed by atoms with van der Waals surface area (Å²) in [6.45, 7) is 1.83. The van der Waals surface area contributed by atoms with Gasteiger partial charge in [-0.2, -0.15) is 0 Å². The van der Waals surface area contributed by atoms with Crippen molar-refractivity contribution in [2.45, 2.75) is 23.5 Å². The fourth-order valence-corrected chi connectivity index (χ4v) is 2.67. The highest BCUT2D eigenvalue weighted by Crippen LogP contribution is 2.33. The van der Waals surface area contributed by atoms with Gasteiger partial charge in [0, 0.05) is 20.2 Å². The molecule has 1 heterocycles. The quantitative estimate of drug-likeness (QED) is 0.615. The highest BCUT2D eigenvalue weighted by molar-refractivity contribution is 7.99. The van der Waals surface area contributed by atoms with Crippen molar-refractivity contribution in [3.8, 4) is 0 Å². The van der Waals surface area contributed by atoms with Gasteiger partial charge < -0.3 is 4.90 Å². The van der Waals surface area contributed by atoms with Crippen LogP contribution in [-0.4, -0.2) is 44.6 Å². The third-order valence-electron chi connectivity index (χ3n) is 2.96. The molecule has 116 valence electrons. The van der Waals surface area contributed by atoms with E-state index in [1.165, 1.54) is 11.0 Å². The summed E-state index contributed by atoms with van der Waals surface area (Å²) in [5.74, 6) is 0.476. The van der Waals surface area contributed by atoms with Crippen molar-refractivity contribution in [3.05, 3.63) is 40.2 Å². The molecular weight excluding hydrogens is 306 g/mol. The van der Waals surface area contributed by atoms with Crippen molar-refractivity contribution in [1.29, 1.82) is 0 Å². The van der Waals surface area contributed by atoms with Crippen molar-refractivity contribution in [2.75, 3.05) is 14.1 Å². The van der Waals surface area contributed by atoms with E-state index in [1.807, 2.05) is 0 Å². The van der Waals surface area contributed by atoms with Crippen LogP contribution in [0.1, 0.15) is 5.82 Å². The third-order valence-corrected chi connectivity index (χ3v) is 4.01. The Kier molecular flexibility index (Phi) is 4.76. The maximum atomic E-state index is 11.9. The number of nitro groups is 1. The number of hydrogen-bond acceptors (Lipinski definition) is 6. The van der Waals surface area contributed by atoms with Crippen molar-refractivity contribution < 1.29 is 9.72 Å². The molecule has 0 aliphatic rings. The second kappa shape index (κ2) is 6.56. The summed E-state index contributed by atoms with van der Waals surface area (Å²) in [4.78, 5) is 24.4. The molecule has 0 aliphatic heterocycles. The monoisotopic (exact) mass is 321 g/mol. The molecule has 1 amide bonds. The van der Waals surface area contributed by atoms with E-state index in [-0.39, 0.29) is 18.1 Å². The van der Waals surface area contributed by atoms with Gasteiger partial charge in [-0.15, -0.1) is 10.2 Å². The van der Waals surface area contributed by atoms with Crippen LogP contribution in [0.2, 0.25) is 0 Å². The first kappa shape index (κ1) is 16.0. The van der Waals surface area contributed by atoms with Gasteiger partial charge in [0.05, 0.1) is 9.82 Å². The van der Waals surface area contributed by atoms with E-state index in [2.05, 4.69) is 10.2 Å². The Hall–Kier alpha value is -2.42. The smallest absolute Gasteiger partial charge is 0.283 e. The number of nitro benzene ring substituents is 1. The van der Waals surface area contributed by atoms with Gasteiger partial charge in [0.25, 0.3) is 5.69 Å². The average Bonchev–Trinajstić information content (AvgIpc) is 2.80. The number of aromatic nitrogens is 3. The molecule has 8 nitrogen and oxygen atoms in total. The summed E-state index contributed by atoms with van der Waals surface area (Å²) < 4.78 is 1.64. The Balaban J connectivity index is 2.32. The zero-order valence-corrected chi connectivity index (χ0v) is 13.2. The first-order valence-electron chi connectivity index (χ1n) is 6.41. The van der Waals surface area contributed by atoms with Crippen molar-refractivity contribution >= 4 is 23.4 Å². The summed E-state index contributed by atoms with van der Waals surface area (Å²) >= 11 is 1.12. The summed E-state index contributed by atoms with van der Waals surface area (Å²) in [6, 6.07) is 6.40. The molecule has 2 aromatic rings. The van der Waals surface area contributed by atoms with Gasteiger partial charge in [-0.25, -0.2) is 0 Å². The molecule has 0 saturated heterocycles. The Labute approximate surface area is 131 Å². The third kappa shape index (κ3) is 3.42. The predicted molar refractivity (Wildman–Crippen MR) is 80.7 cm³/mol. The molecule has 0 fully saturated rings. The zero-order chi connectivity index (χ0) is 16.3. The number of likely N-dealkylation sites (N-methyl/N-ethyl adjacent to an activating group) is 1. The Bertz CT molecular complexity index is 713. The highest BCUT2D eigenvalue weighted by Gasteiger charge is 2.19. The fraction of sp³-hybridized carbons (Fsp3) is 0.308. The van der Waals surface area contributed by atoms with Gasteiger partial charge in [-0.05, 0) is 24.8 Å². The predicted octanol–water partition coefficient (Wildman–Crippen LogP) is 1.73. The molecule has 0 unspecified atom stereocenters. The maximum absolute atomic E-state index is 11.9. The fourth-order valence-electron chi connectivity index (χ4n) is 1.69. The summed E-state index contributed by atoms with van der Waals surface area (Å²) in [5.41, 5.74) is -0.00126. The highest BCUT2D eigenvalue weighted by atomic mass is 32.2. The first-order chi connectivity index (χ1) is 10.4. The summed E-state index contributed by atoms with van der Waals surface area (Å²) in [7, 11) is 3.33. The molecule has 0 saturated carbocycles. The molecule has 2 rings (SSSR count). The number of nitrogens with zero attached hydrogens (tertiary/aromatic N) is 5. The molecular formula is C13H15N5O3S. The van der Waals surface area contributed by atoms with Crippen LogP contribution >= 0.6 is 11.8 Å². The van der Waals surface area contributed by atoms with Gasteiger partial charge >= 0.3 is 0 Å². The lowest BCUT2D eigenvalue weighted by molar-refractivity contribution is -0.387. The molecule has 22 heavy (non-hydrogen) atoms. The SMILES string of the molecule is Cc1nnc(Sc2ccccc2[N+](=O)[O-])n1CC(=O)N(C)C. The zero-order valence-electron chi connectivity index (χ0n) is 12.4. The topological polar surface area (TPSA) is 94.2 Å². The number of hydrogen-bond donors (Lipinski definition) is 0. The van der Waals surface area contributed by atoms with Gasteiger partial charge in [0.1, 0.15) is 12.4 Å². The standard InChI is InChI=1S/C13H15N5O3S/c1-9-14-15-13(17(9)8-12(19)16(2)3)22-11-7-5-4-6-10(11)18(20)21/h4-7H,8H2,1-3H3. The van der Waals surface area contributed by atoms with E-state index < -0.39 is 4.92 Å². The summed E-state index contributed by atoms with van der Waals surface area (Å²) in [6.07, 6.45) is 0. The van der Waals surface area contributed by atoms with Crippen LogP contribution in [0.15, 0.2) is 34.3 Å². The number of carbonyl (C=O) groups is 1. The van der Waals surface area contributed by atoms with Crippen LogP contribution in [0.4, 0.5) is 5.69 Å². The Morgan fingerprint density at radius 2 is 2.05 bits per heavy atom. The molecule has 1 aromatic carbocycles. The second-order valence-corrected chi connectivity index (χ2v) is 5.74. The number of carbonyl (C=O) groups excluding carboxylic acids is 1. The minimum atomic E-state index is -0.444. The largest absolute Gasteiger partial charge is 0.347 e. The minimum Gasteiger partial charge on any atom is -0.347 e. The van der Waals surface area contributed by atoms with Crippen LogP contribution in [-0.2, 0) is 11.3 Å². The van der Waals surface area contributed by atoms with Crippen LogP contribution < -0.4 is 0 Å². The van der Waals surface area contributed by atoms with E-state index in [1.54, 1.807) is 43.8 Å². The first-order valence-corrected chi connectivity index (χ1v) is 7.23. The van der Waals surface area contributed by atoms with Crippen LogP contribution in [0.25, 0.3) is 0 Å². The molecule has 9 heteroatoms. The number of para-hydroxylation sites is 1. The lowest BCUT2D eigenvalue weighted by atomic mass is 10.3.